The van der Waals surface area contributed by atoms with Crippen molar-refractivity contribution >= 4 is 10.0 Å². The molecular formula is C21H28N2O3S. The molecule has 0 saturated carbocycles. The highest BCUT2D eigenvalue weighted by atomic mass is 32.2. The normalized spacial score (nSPS) is 16.4. The van der Waals surface area contributed by atoms with Crippen LogP contribution in [0.5, 0.6) is 5.75 Å². The summed E-state index contributed by atoms with van der Waals surface area (Å²) in [6.45, 7) is 8.00. The van der Waals surface area contributed by atoms with E-state index in [0.29, 0.717) is 24.6 Å². The zero-order valence-electron chi connectivity index (χ0n) is 16.1. The van der Waals surface area contributed by atoms with Gasteiger partial charge in [0.25, 0.3) is 0 Å². The molecule has 1 saturated heterocycles. The predicted octanol–water partition coefficient (Wildman–Crippen LogP) is 2.94. The molecule has 1 heterocycles. The van der Waals surface area contributed by atoms with Crippen LogP contribution in [0.2, 0.25) is 0 Å². The van der Waals surface area contributed by atoms with E-state index in [1.54, 1.807) is 16.4 Å². The molecule has 146 valence electrons. The zero-order chi connectivity index (χ0) is 19.3. The van der Waals surface area contributed by atoms with Gasteiger partial charge in [-0.25, -0.2) is 8.42 Å². The molecule has 1 fully saturated rings. The summed E-state index contributed by atoms with van der Waals surface area (Å²) in [4.78, 5) is 2.64. The molecule has 0 aliphatic carbocycles. The Morgan fingerprint density at radius 3 is 2.15 bits per heavy atom. The molecule has 0 radical (unpaired) electrons. The minimum atomic E-state index is -3.40. The average molecular weight is 389 g/mol. The van der Waals surface area contributed by atoms with Crippen molar-refractivity contribution in [2.24, 2.45) is 0 Å². The van der Waals surface area contributed by atoms with Crippen LogP contribution in [-0.2, 0) is 16.4 Å². The van der Waals surface area contributed by atoms with E-state index >= 15 is 0 Å². The van der Waals surface area contributed by atoms with Gasteiger partial charge in [-0.05, 0) is 43.2 Å². The van der Waals surface area contributed by atoms with Crippen LogP contribution < -0.4 is 4.74 Å². The number of sulfonamides is 1. The highest BCUT2D eigenvalue weighted by molar-refractivity contribution is 7.89. The minimum Gasteiger partial charge on any atom is -0.492 e. The number of rotatable bonds is 7. The molecular weight excluding hydrogens is 360 g/mol. The van der Waals surface area contributed by atoms with Gasteiger partial charge in [-0.2, -0.15) is 4.31 Å². The molecule has 0 atom stereocenters. The van der Waals surface area contributed by atoms with Crippen molar-refractivity contribution in [2.45, 2.75) is 25.2 Å². The molecule has 5 nitrogen and oxygen atoms in total. The van der Waals surface area contributed by atoms with Crippen molar-refractivity contribution in [2.75, 3.05) is 39.3 Å². The summed E-state index contributed by atoms with van der Waals surface area (Å²) in [5.74, 6) is 0.873. The first-order valence-corrected chi connectivity index (χ1v) is 10.9. The Morgan fingerprint density at radius 1 is 0.926 bits per heavy atom. The third kappa shape index (κ3) is 5.09. The van der Waals surface area contributed by atoms with E-state index in [1.165, 1.54) is 5.56 Å². The lowest BCUT2D eigenvalue weighted by Crippen LogP contribution is -2.49. The van der Waals surface area contributed by atoms with Crippen molar-refractivity contribution < 1.29 is 13.2 Å². The van der Waals surface area contributed by atoms with Gasteiger partial charge in [-0.3, -0.25) is 4.90 Å². The van der Waals surface area contributed by atoms with Gasteiger partial charge in [-0.15, -0.1) is 0 Å². The Bertz CT molecular complexity index is 825. The molecule has 27 heavy (non-hydrogen) atoms. The number of hydrogen-bond donors (Lipinski definition) is 0. The Balaban J connectivity index is 1.48. The maximum absolute atomic E-state index is 12.8. The van der Waals surface area contributed by atoms with Crippen LogP contribution in [0.4, 0.5) is 0 Å². The molecule has 0 N–H and O–H groups in total. The van der Waals surface area contributed by atoms with Crippen molar-refractivity contribution in [3.63, 3.8) is 0 Å². The summed E-state index contributed by atoms with van der Waals surface area (Å²) in [6, 6.07) is 15.2. The SMILES string of the molecule is CCc1ccc(S(=O)(=O)N2CCN(CCOc3ccc(C)cc3)CC2)cc1. The van der Waals surface area contributed by atoms with E-state index in [9.17, 15) is 8.42 Å². The molecule has 0 spiro atoms. The number of hydrogen-bond acceptors (Lipinski definition) is 4. The number of aryl methyl sites for hydroxylation is 2. The monoisotopic (exact) mass is 388 g/mol. The van der Waals surface area contributed by atoms with Crippen LogP contribution in [0.3, 0.4) is 0 Å². The Hall–Kier alpha value is -1.89. The fraction of sp³-hybridized carbons (Fsp3) is 0.429. The Morgan fingerprint density at radius 2 is 1.56 bits per heavy atom. The molecule has 2 aromatic carbocycles. The predicted molar refractivity (Wildman–Crippen MR) is 108 cm³/mol. The Kier molecular flexibility index (Phi) is 6.52. The van der Waals surface area contributed by atoms with Crippen LogP contribution in [0, 0.1) is 6.92 Å². The molecule has 0 unspecified atom stereocenters. The van der Waals surface area contributed by atoms with Gasteiger partial charge in [0.15, 0.2) is 0 Å². The largest absolute Gasteiger partial charge is 0.492 e. The number of benzene rings is 2. The van der Waals surface area contributed by atoms with Crippen molar-refractivity contribution in [1.29, 1.82) is 0 Å². The maximum atomic E-state index is 12.8. The second-order valence-corrected chi connectivity index (χ2v) is 8.84. The smallest absolute Gasteiger partial charge is 0.243 e. The van der Waals surface area contributed by atoms with Crippen LogP contribution in [0.1, 0.15) is 18.1 Å². The quantitative estimate of drug-likeness (QED) is 0.732. The van der Waals surface area contributed by atoms with Crippen LogP contribution >= 0.6 is 0 Å². The third-order valence-electron chi connectivity index (χ3n) is 5.00. The standard InChI is InChI=1S/C21H28N2O3S/c1-3-19-6-10-21(11-7-19)27(24,25)23-14-12-22(13-15-23)16-17-26-20-8-4-18(2)5-9-20/h4-11H,3,12-17H2,1-2H3. The first-order chi connectivity index (χ1) is 13.0. The van der Waals surface area contributed by atoms with Gasteiger partial charge in [0, 0.05) is 32.7 Å². The molecule has 1 aliphatic heterocycles. The lowest BCUT2D eigenvalue weighted by atomic mass is 10.2. The fourth-order valence-corrected chi connectivity index (χ4v) is 4.59. The molecule has 0 amide bonds. The molecule has 3 rings (SSSR count). The van der Waals surface area contributed by atoms with Gasteiger partial charge < -0.3 is 4.74 Å². The van der Waals surface area contributed by atoms with E-state index in [2.05, 4.69) is 18.7 Å². The van der Waals surface area contributed by atoms with Crippen molar-refractivity contribution in [3.8, 4) is 5.75 Å². The first-order valence-electron chi connectivity index (χ1n) is 9.50. The maximum Gasteiger partial charge on any atom is 0.243 e. The number of ether oxygens (including phenoxy) is 1. The summed E-state index contributed by atoms with van der Waals surface area (Å²) in [5, 5.41) is 0. The average Bonchev–Trinajstić information content (AvgIpc) is 2.70. The Labute approximate surface area is 162 Å². The van der Waals surface area contributed by atoms with Crippen molar-refractivity contribution in [1.82, 2.24) is 9.21 Å². The van der Waals surface area contributed by atoms with E-state index in [1.807, 2.05) is 36.4 Å². The molecule has 2 aromatic rings. The molecule has 0 bridgehead atoms. The fourth-order valence-electron chi connectivity index (χ4n) is 3.17. The molecule has 1 aliphatic rings. The third-order valence-corrected chi connectivity index (χ3v) is 6.91. The van der Waals surface area contributed by atoms with Crippen LogP contribution in [0.15, 0.2) is 53.4 Å². The highest BCUT2D eigenvalue weighted by Gasteiger charge is 2.28. The van der Waals surface area contributed by atoms with E-state index in [0.717, 1.165) is 37.4 Å². The summed E-state index contributed by atoms with van der Waals surface area (Å²) in [5.41, 5.74) is 2.36. The minimum absolute atomic E-state index is 0.385. The van der Waals surface area contributed by atoms with Gasteiger partial charge in [0.05, 0.1) is 4.90 Å². The second kappa shape index (κ2) is 8.87. The first kappa shape index (κ1) is 19.9. The lowest BCUT2D eigenvalue weighted by Gasteiger charge is -2.33. The van der Waals surface area contributed by atoms with E-state index in [-0.39, 0.29) is 0 Å². The number of piperazine rings is 1. The summed E-state index contributed by atoms with van der Waals surface area (Å²) in [6.07, 6.45) is 0.906. The highest BCUT2D eigenvalue weighted by Crippen LogP contribution is 2.18. The second-order valence-electron chi connectivity index (χ2n) is 6.90. The lowest BCUT2D eigenvalue weighted by molar-refractivity contribution is 0.159. The number of nitrogens with zero attached hydrogens (tertiary/aromatic N) is 2. The molecule has 0 aromatic heterocycles. The van der Waals surface area contributed by atoms with Gasteiger partial charge >= 0.3 is 0 Å². The molecule has 6 heteroatoms. The van der Waals surface area contributed by atoms with Gasteiger partial charge in [-0.1, -0.05) is 36.8 Å². The van der Waals surface area contributed by atoms with E-state index < -0.39 is 10.0 Å². The summed E-state index contributed by atoms with van der Waals surface area (Å²) < 4.78 is 33.0. The van der Waals surface area contributed by atoms with Gasteiger partial charge in [0.1, 0.15) is 12.4 Å². The van der Waals surface area contributed by atoms with Crippen LogP contribution in [0.25, 0.3) is 0 Å². The summed E-state index contributed by atoms with van der Waals surface area (Å²) in [7, 11) is -3.40. The van der Waals surface area contributed by atoms with Gasteiger partial charge in [0.2, 0.25) is 10.0 Å². The van der Waals surface area contributed by atoms with Crippen LogP contribution in [-0.4, -0.2) is 57.0 Å². The topological polar surface area (TPSA) is 49.9 Å². The van der Waals surface area contributed by atoms with Crippen molar-refractivity contribution in [3.05, 3.63) is 59.7 Å². The summed E-state index contributed by atoms with van der Waals surface area (Å²) >= 11 is 0. The van der Waals surface area contributed by atoms with E-state index in [4.69, 9.17) is 4.74 Å². The zero-order valence-corrected chi connectivity index (χ0v) is 16.9.